The zero-order valence-corrected chi connectivity index (χ0v) is 7.79. The molecular formula is C11H14N2. The smallest absolute Gasteiger partial charge is 0.0951 e. The number of hydrogen-bond acceptors (Lipinski definition) is 1. The van der Waals surface area contributed by atoms with Gasteiger partial charge < -0.3 is 4.57 Å². The summed E-state index contributed by atoms with van der Waals surface area (Å²) >= 11 is 0. The highest BCUT2D eigenvalue weighted by atomic mass is 15.1. The van der Waals surface area contributed by atoms with Crippen LogP contribution in [0.15, 0.2) is 6.33 Å². The first-order valence-electron chi connectivity index (χ1n) is 4.88. The van der Waals surface area contributed by atoms with Gasteiger partial charge in [0.25, 0.3) is 0 Å². The fourth-order valence-electron chi connectivity index (χ4n) is 1.91. The fourth-order valence-corrected chi connectivity index (χ4v) is 1.91. The van der Waals surface area contributed by atoms with E-state index in [9.17, 15) is 0 Å². The second kappa shape index (κ2) is 3.66. The van der Waals surface area contributed by atoms with Crippen LogP contribution < -0.4 is 0 Å². The highest BCUT2D eigenvalue weighted by Gasteiger charge is 2.14. The van der Waals surface area contributed by atoms with Gasteiger partial charge in [-0.05, 0) is 25.7 Å². The average Bonchev–Trinajstić information content (AvgIpc) is 2.58. The summed E-state index contributed by atoms with van der Waals surface area (Å²) in [5.74, 6) is 2.66. The Labute approximate surface area is 79.0 Å². The molecule has 2 nitrogen and oxygen atoms in total. The SMILES string of the molecule is C#CCCn1cnc2c1CCCC2. The third kappa shape index (κ3) is 1.60. The molecule has 0 amide bonds. The van der Waals surface area contributed by atoms with Crippen molar-refractivity contribution < 1.29 is 0 Å². The predicted octanol–water partition coefficient (Wildman–Crippen LogP) is 1.79. The highest BCUT2D eigenvalue weighted by Crippen LogP contribution is 2.19. The van der Waals surface area contributed by atoms with Gasteiger partial charge in [-0.1, -0.05) is 0 Å². The number of hydrogen-bond donors (Lipinski definition) is 0. The van der Waals surface area contributed by atoms with Gasteiger partial charge in [-0.15, -0.1) is 12.3 Å². The molecule has 13 heavy (non-hydrogen) atoms. The van der Waals surface area contributed by atoms with Crippen molar-refractivity contribution in [1.29, 1.82) is 0 Å². The summed E-state index contributed by atoms with van der Waals surface area (Å²) in [6, 6.07) is 0. The molecule has 0 spiro atoms. The van der Waals surface area contributed by atoms with E-state index in [-0.39, 0.29) is 0 Å². The molecule has 1 aromatic rings. The zero-order chi connectivity index (χ0) is 9.10. The normalized spacial score (nSPS) is 15.0. The van der Waals surface area contributed by atoms with Crippen LogP contribution in [0.4, 0.5) is 0 Å². The maximum atomic E-state index is 5.24. The number of imidazole rings is 1. The van der Waals surface area contributed by atoms with Crippen LogP contribution in [-0.4, -0.2) is 9.55 Å². The molecule has 2 heteroatoms. The molecular weight excluding hydrogens is 160 g/mol. The summed E-state index contributed by atoms with van der Waals surface area (Å²) in [5.41, 5.74) is 2.71. The second-order valence-corrected chi connectivity index (χ2v) is 3.49. The number of fused-ring (bicyclic) bond motifs is 1. The van der Waals surface area contributed by atoms with E-state index in [1.807, 2.05) is 6.33 Å². The Morgan fingerprint density at radius 1 is 1.46 bits per heavy atom. The van der Waals surface area contributed by atoms with Gasteiger partial charge in [0, 0.05) is 18.7 Å². The zero-order valence-electron chi connectivity index (χ0n) is 7.79. The number of terminal acetylenes is 1. The van der Waals surface area contributed by atoms with E-state index < -0.39 is 0 Å². The molecule has 0 bridgehead atoms. The van der Waals surface area contributed by atoms with Gasteiger partial charge in [-0.25, -0.2) is 4.98 Å². The molecule has 1 aliphatic carbocycles. The standard InChI is InChI=1S/C11H14N2/c1-2-3-8-13-9-12-10-6-4-5-7-11(10)13/h1,9H,3-8H2. The predicted molar refractivity (Wildman–Crippen MR) is 52.3 cm³/mol. The van der Waals surface area contributed by atoms with Crippen molar-refractivity contribution in [3.05, 3.63) is 17.7 Å². The second-order valence-electron chi connectivity index (χ2n) is 3.49. The maximum Gasteiger partial charge on any atom is 0.0951 e. The van der Waals surface area contributed by atoms with E-state index in [0.29, 0.717) is 0 Å². The van der Waals surface area contributed by atoms with E-state index in [4.69, 9.17) is 6.42 Å². The van der Waals surface area contributed by atoms with Gasteiger partial charge in [0.15, 0.2) is 0 Å². The van der Waals surface area contributed by atoms with Crippen molar-refractivity contribution in [2.75, 3.05) is 0 Å². The number of rotatable bonds is 2. The van der Waals surface area contributed by atoms with Crippen molar-refractivity contribution in [3.8, 4) is 12.3 Å². The summed E-state index contributed by atoms with van der Waals surface area (Å²) in [7, 11) is 0. The molecule has 0 saturated heterocycles. The minimum absolute atomic E-state index is 0.808. The summed E-state index contributed by atoms with van der Waals surface area (Å²) in [5, 5.41) is 0. The van der Waals surface area contributed by atoms with E-state index in [0.717, 1.165) is 19.4 Å². The molecule has 0 aromatic carbocycles. The molecule has 0 aliphatic heterocycles. The number of nitrogens with zero attached hydrogens (tertiary/aromatic N) is 2. The van der Waals surface area contributed by atoms with Crippen molar-refractivity contribution >= 4 is 0 Å². The molecule has 1 heterocycles. The Morgan fingerprint density at radius 3 is 3.15 bits per heavy atom. The Hall–Kier alpha value is -1.23. The molecule has 1 aromatic heterocycles. The highest BCUT2D eigenvalue weighted by molar-refractivity contribution is 5.16. The molecule has 0 unspecified atom stereocenters. The van der Waals surface area contributed by atoms with Gasteiger partial charge in [0.1, 0.15) is 0 Å². The molecule has 2 rings (SSSR count). The van der Waals surface area contributed by atoms with Crippen LogP contribution in [0.25, 0.3) is 0 Å². The van der Waals surface area contributed by atoms with E-state index in [2.05, 4.69) is 15.5 Å². The van der Waals surface area contributed by atoms with Crippen LogP contribution in [0, 0.1) is 12.3 Å². The Bertz CT molecular complexity index is 330. The molecule has 0 saturated carbocycles. The first-order valence-corrected chi connectivity index (χ1v) is 4.88. The van der Waals surface area contributed by atoms with Gasteiger partial charge in [-0.3, -0.25) is 0 Å². The quantitative estimate of drug-likeness (QED) is 0.625. The van der Waals surface area contributed by atoms with Crippen molar-refractivity contribution in [1.82, 2.24) is 9.55 Å². The molecule has 0 fully saturated rings. The van der Waals surface area contributed by atoms with Gasteiger partial charge in [0.05, 0.1) is 12.0 Å². The largest absolute Gasteiger partial charge is 0.333 e. The van der Waals surface area contributed by atoms with Crippen LogP contribution in [0.3, 0.4) is 0 Å². The first kappa shape index (κ1) is 8.37. The van der Waals surface area contributed by atoms with Crippen molar-refractivity contribution in [2.45, 2.75) is 38.6 Å². The van der Waals surface area contributed by atoms with Crippen LogP contribution in [0.1, 0.15) is 30.7 Å². The summed E-state index contributed by atoms with van der Waals surface area (Å²) in [6.45, 7) is 0.929. The lowest BCUT2D eigenvalue weighted by atomic mass is 10.0. The average molecular weight is 174 g/mol. The fraction of sp³-hybridized carbons (Fsp3) is 0.545. The Kier molecular flexibility index (Phi) is 2.35. The summed E-state index contributed by atoms with van der Waals surface area (Å²) < 4.78 is 2.22. The monoisotopic (exact) mass is 174 g/mol. The van der Waals surface area contributed by atoms with E-state index >= 15 is 0 Å². The lowest BCUT2D eigenvalue weighted by Crippen LogP contribution is -2.08. The minimum Gasteiger partial charge on any atom is -0.333 e. The molecule has 68 valence electrons. The topological polar surface area (TPSA) is 17.8 Å². The van der Waals surface area contributed by atoms with E-state index in [1.54, 1.807) is 0 Å². The number of aromatic nitrogens is 2. The third-order valence-corrected chi connectivity index (χ3v) is 2.61. The minimum atomic E-state index is 0.808. The van der Waals surface area contributed by atoms with Gasteiger partial charge in [-0.2, -0.15) is 0 Å². The molecule has 0 atom stereocenters. The van der Waals surface area contributed by atoms with Crippen molar-refractivity contribution in [2.24, 2.45) is 0 Å². The van der Waals surface area contributed by atoms with Gasteiger partial charge in [0.2, 0.25) is 0 Å². The van der Waals surface area contributed by atoms with E-state index in [1.165, 1.54) is 30.7 Å². The lowest BCUT2D eigenvalue weighted by molar-refractivity contribution is 0.609. The van der Waals surface area contributed by atoms with Crippen LogP contribution in [-0.2, 0) is 19.4 Å². The van der Waals surface area contributed by atoms with Crippen molar-refractivity contribution in [3.63, 3.8) is 0 Å². The molecule has 0 radical (unpaired) electrons. The first-order chi connectivity index (χ1) is 6.42. The summed E-state index contributed by atoms with van der Waals surface area (Å²) in [4.78, 5) is 4.40. The van der Waals surface area contributed by atoms with Crippen LogP contribution >= 0.6 is 0 Å². The lowest BCUT2D eigenvalue weighted by Gasteiger charge is -2.12. The molecule has 1 aliphatic rings. The Balaban J connectivity index is 2.18. The summed E-state index contributed by atoms with van der Waals surface area (Å²) in [6.07, 6.45) is 12.9. The molecule has 0 N–H and O–H groups in total. The third-order valence-electron chi connectivity index (χ3n) is 2.61. The van der Waals surface area contributed by atoms with Gasteiger partial charge >= 0.3 is 0 Å². The maximum absolute atomic E-state index is 5.24. The van der Waals surface area contributed by atoms with Crippen LogP contribution in [0.2, 0.25) is 0 Å². The Morgan fingerprint density at radius 2 is 2.31 bits per heavy atom. The van der Waals surface area contributed by atoms with Crippen LogP contribution in [0.5, 0.6) is 0 Å². The number of aryl methyl sites for hydroxylation is 2.